The number of carbonyl (C=O) groups excluding carboxylic acids is 1. The number of benzene rings is 1. The van der Waals surface area contributed by atoms with E-state index in [1.54, 1.807) is 4.68 Å². The van der Waals surface area contributed by atoms with E-state index in [1.165, 1.54) is 28.5 Å². The Kier molecular flexibility index (Phi) is 5.13. The molecule has 2 amide bonds. The molecule has 166 valence electrons. The lowest BCUT2D eigenvalue weighted by molar-refractivity contribution is 0.256. The van der Waals surface area contributed by atoms with Crippen molar-refractivity contribution in [1.29, 1.82) is 4.78 Å². The number of hydrogen-bond donors (Lipinski definition) is 4. The van der Waals surface area contributed by atoms with Crippen molar-refractivity contribution in [3.8, 4) is 5.88 Å². The molecule has 0 radical (unpaired) electrons. The molecule has 31 heavy (non-hydrogen) atoms. The fraction of sp³-hybridized carbons (Fsp3) is 0.524. The summed E-state index contributed by atoms with van der Waals surface area (Å²) >= 11 is 0. The van der Waals surface area contributed by atoms with Gasteiger partial charge in [0.05, 0.1) is 19.3 Å². The Morgan fingerprint density at radius 1 is 1.23 bits per heavy atom. The zero-order valence-corrected chi connectivity index (χ0v) is 18.4. The van der Waals surface area contributed by atoms with Gasteiger partial charge in [-0.25, -0.2) is 23.2 Å². The summed E-state index contributed by atoms with van der Waals surface area (Å²) in [6.07, 6.45) is 8.23. The quantitative estimate of drug-likeness (QED) is 0.577. The first-order chi connectivity index (χ1) is 15.0. The molecule has 0 saturated carbocycles. The molecule has 3 aliphatic rings. The van der Waals surface area contributed by atoms with E-state index >= 15 is 0 Å². The van der Waals surface area contributed by atoms with Gasteiger partial charge in [-0.2, -0.15) is 5.10 Å². The Hall–Kier alpha value is -2.59. The third kappa shape index (κ3) is 3.67. The minimum absolute atomic E-state index is 0.0999. The summed E-state index contributed by atoms with van der Waals surface area (Å²) in [6.45, 7) is 0.976. The molecular formula is C21H28N6O3S. The first-order valence-corrected chi connectivity index (χ1v) is 12.4. The number of anilines is 1. The molecule has 2 atom stereocenters. The van der Waals surface area contributed by atoms with E-state index in [1.807, 2.05) is 7.05 Å². The van der Waals surface area contributed by atoms with Gasteiger partial charge in [-0.3, -0.25) is 0 Å². The second kappa shape index (κ2) is 7.83. The van der Waals surface area contributed by atoms with E-state index in [0.717, 1.165) is 50.6 Å². The van der Waals surface area contributed by atoms with Crippen molar-refractivity contribution in [3.05, 3.63) is 34.5 Å². The lowest BCUT2D eigenvalue weighted by atomic mass is 9.99. The van der Waals surface area contributed by atoms with Crippen LogP contribution in [0.3, 0.4) is 0 Å². The van der Waals surface area contributed by atoms with E-state index in [0.29, 0.717) is 19.0 Å². The average Bonchev–Trinajstić information content (AvgIpc) is 3.44. The molecule has 10 heteroatoms. The van der Waals surface area contributed by atoms with E-state index in [2.05, 4.69) is 26.5 Å². The molecule has 2 aromatic rings. The van der Waals surface area contributed by atoms with Crippen LogP contribution in [-0.4, -0.2) is 39.7 Å². The maximum atomic E-state index is 13.2. The van der Waals surface area contributed by atoms with Gasteiger partial charge in [0.15, 0.2) is 9.92 Å². The van der Waals surface area contributed by atoms with Crippen molar-refractivity contribution < 1.29 is 13.7 Å². The molecule has 1 aromatic carbocycles. The highest BCUT2D eigenvalue weighted by Gasteiger charge is 2.29. The second-order valence-electron chi connectivity index (χ2n) is 8.47. The highest BCUT2D eigenvalue weighted by atomic mass is 32.2. The molecule has 1 aromatic heterocycles. The van der Waals surface area contributed by atoms with Crippen molar-refractivity contribution in [2.24, 2.45) is 0 Å². The molecular weight excluding hydrogens is 416 g/mol. The minimum Gasteiger partial charge on any atom is -0.477 e. The Balaban J connectivity index is 1.38. The van der Waals surface area contributed by atoms with Crippen LogP contribution < -0.4 is 20.1 Å². The third-order valence-electron chi connectivity index (χ3n) is 6.52. The smallest absolute Gasteiger partial charge is 0.331 e. The van der Waals surface area contributed by atoms with Crippen LogP contribution in [0.25, 0.3) is 0 Å². The zero-order chi connectivity index (χ0) is 21.6. The number of fused-ring (bicyclic) bond motifs is 3. The van der Waals surface area contributed by atoms with Crippen molar-refractivity contribution >= 4 is 21.6 Å². The molecule has 0 fully saturated rings. The topological polar surface area (TPSA) is 121 Å². The number of likely N-dealkylation sites (N-methyl/N-ethyl adjacent to an activating group) is 1. The van der Waals surface area contributed by atoms with Gasteiger partial charge in [-0.15, -0.1) is 0 Å². The van der Waals surface area contributed by atoms with Gasteiger partial charge in [-0.1, -0.05) is 6.07 Å². The van der Waals surface area contributed by atoms with Crippen LogP contribution in [0.2, 0.25) is 0 Å². The van der Waals surface area contributed by atoms with Gasteiger partial charge in [0.2, 0.25) is 5.88 Å². The molecule has 0 unspecified atom stereocenters. The number of amides is 2. The number of carbonyl (C=O) groups is 1. The molecule has 4 N–H and O–H groups in total. The Morgan fingerprint density at radius 2 is 1.94 bits per heavy atom. The fourth-order valence-corrected chi connectivity index (χ4v) is 5.98. The van der Waals surface area contributed by atoms with Gasteiger partial charge in [0.25, 0.3) is 0 Å². The largest absolute Gasteiger partial charge is 0.477 e. The number of hydrogen-bond acceptors (Lipinski definition) is 6. The SMILES string of the molecule is CN[C@H]1CCOc2c([S@](=N)(=O)NC(=O)Nc3c4c(cc5c3CCC5)CCC4)cnn2C1. The van der Waals surface area contributed by atoms with Crippen LogP contribution in [-0.2, 0) is 42.1 Å². The number of nitrogens with zero attached hydrogens (tertiary/aromatic N) is 2. The van der Waals surface area contributed by atoms with Crippen LogP contribution in [0, 0.1) is 4.78 Å². The maximum absolute atomic E-state index is 13.2. The number of ether oxygens (including phenoxy) is 1. The minimum atomic E-state index is -3.64. The van der Waals surface area contributed by atoms with Crippen LogP contribution in [0.15, 0.2) is 17.2 Å². The first-order valence-electron chi connectivity index (χ1n) is 10.9. The molecule has 0 bridgehead atoms. The summed E-state index contributed by atoms with van der Waals surface area (Å²) in [5.41, 5.74) is 5.84. The summed E-state index contributed by atoms with van der Waals surface area (Å²) in [7, 11) is -1.77. The third-order valence-corrected chi connectivity index (χ3v) is 7.90. The Labute approximate surface area is 182 Å². The summed E-state index contributed by atoms with van der Waals surface area (Å²) in [6, 6.07) is 1.84. The van der Waals surface area contributed by atoms with Gasteiger partial charge in [0, 0.05) is 11.7 Å². The molecule has 9 nitrogen and oxygen atoms in total. The summed E-state index contributed by atoms with van der Waals surface area (Å²) in [4.78, 5) is 13.0. The van der Waals surface area contributed by atoms with E-state index < -0.39 is 15.9 Å². The Bertz CT molecular complexity index is 1110. The van der Waals surface area contributed by atoms with Crippen LogP contribution in [0.5, 0.6) is 5.88 Å². The van der Waals surface area contributed by atoms with Gasteiger partial charge >= 0.3 is 6.03 Å². The highest BCUT2D eigenvalue weighted by molar-refractivity contribution is 7.91. The van der Waals surface area contributed by atoms with Crippen LogP contribution in [0.1, 0.15) is 41.5 Å². The lowest BCUT2D eigenvalue weighted by Gasteiger charge is -2.17. The first kappa shape index (κ1) is 20.3. The number of rotatable bonds is 4. The van der Waals surface area contributed by atoms with E-state index in [-0.39, 0.29) is 10.9 Å². The van der Waals surface area contributed by atoms with Crippen LogP contribution >= 0.6 is 0 Å². The van der Waals surface area contributed by atoms with Gasteiger partial charge in [0.1, 0.15) is 4.90 Å². The number of nitrogens with one attached hydrogen (secondary N) is 4. The Morgan fingerprint density at radius 3 is 2.61 bits per heavy atom. The average molecular weight is 445 g/mol. The fourth-order valence-electron chi connectivity index (χ4n) is 4.96. The molecule has 2 aliphatic carbocycles. The standard InChI is InChI=1S/C21H28N6O3S/c1-23-15-8-9-30-20-18(11-24-27(20)12-15)31(22,29)26-21(28)25-19-16-6-2-4-13(16)10-14-5-3-7-17(14)19/h10-11,15,23H,2-9,12H2,1H3,(H3,22,25,26,28,29)/t15-,31+/m0/s1. The van der Waals surface area contributed by atoms with Crippen molar-refractivity contribution in [3.63, 3.8) is 0 Å². The summed E-state index contributed by atoms with van der Waals surface area (Å²) in [5, 5.41) is 10.4. The highest BCUT2D eigenvalue weighted by Crippen LogP contribution is 2.38. The number of urea groups is 1. The maximum Gasteiger partial charge on any atom is 0.331 e. The zero-order valence-electron chi connectivity index (χ0n) is 17.6. The predicted molar refractivity (Wildman–Crippen MR) is 117 cm³/mol. The van der Waals surface area contributed by atoms with Crippen molar-refractivity contribution in [1.82, 2.24) is 19.8 Å². The van der Waals surface area contributed by atoms with Crippen LogP contribution in [0.4, 0.5) is 10.5 Å². The number of aromatic nitrogens is 2. The molecule has 5 rings (SSSR count). The molecule has 0 saturated heterocycles. The van der Waals surface area contributed by atoms with Crippen molar-refractivity contribution in [2.45, 2.75) is 62.4 Å². The monoisotopic (exact) mass is 444 g/mol. The molecule has 1 aliphatic heterocycles. The van der Waals surface area contributed by atoms with E-state index in [9.17, 15) is 9.00 Å². The van der Waals surface area contributed by atoms with Crippen molar-refractivity contribution in [2.75, 3.05) is 19.0 Å². The molecule has 2 heterocycles. The van der Waals surface area contributed by atoms with E-state index in [4.69, 9.17) is 9.52 Å². The van der Waals surface area contributed by atoms with Gasteiger partial charge in [-0.05, 0) is 74.2 Å². The molecule has 0 spiro atoms. The summed E-state index contributed by atoms with van der Waals surface area (Å²) < 4.78 is 31.3. The predicted octanol–water partition coefficient (Wildman–Crippen LogP) is 2.37. The second-order valence-corrected chi connectivity index (χ2v) is 10.2. The lowest BCUT2D eigenvalue weighted by Crippen LogP contribution is -2.34. The number of aryl methyl sites for hydroxylation is 2. The normalized spacial score (nSPS) is 21.3. The summed E-state index contributed by atoms with van der Waals surface area (Å²) in [5.74, 6) is 0.291. The van der Waals surface area contributed by atoms with Gasteiger partial charge < -0.3 is 15.4 Å².